The van der Waals surface area contributed by atoms with Crippen LogP contribution in [0.3, 0.4) is 0 Å². The van der Waals surface area contributed by atoms with Gasteiger partial charge in [-0.3, -0.25) is 4.79 Å². The summed E-state index contributed by atoms with van der Waals surface area (Å²) in [5.74, 6) is -0.971. The van der Waals surface area contributed by atoms with Crippen molar-refractivity contribution in [2.24, 2.45) is 0 Å². The van der Waals surface area contributed by atoms with Crippen molar-refractivity contribution in [3.05, 3.63) is 14.7 Å². The Morgan fingerprint density at radius 2 is 2.12 bits per heavy atom. The molecular formula is C8H9Cl2NO4S2. The van der Waals surface area contributed by atoms with E-state index >= 15 is 0 Å². The third-order valence-electron chi connectivity index (χ3n) is 1.77. The fourth-order valence-electron chi connectivity index (χ4n) is 1.03. The number of carbonyl (C=O) groups is 1. The van der Waals surface area contributed by atoms with E-state index in [1.54, 1.807) is 0 Å². The molecule has 0 unspecified atom stereocenters. The molecule has 0 aliphatic carbocycles. The van der Waals surface area contributed by atoms with Crippen LogP contribution >= 0.6 is 34.5 Å². The molecule has 0 bridgehead atoms. The molecule has 5 nitrogen and oxygen atoms in total. The summed E-state index contributed by atoms with van der Waals surface area (Å²) in [6.07, 6.45) is 0.116. The lowest BCUT2D eigenvalue weighted by Crippen LogP contribution is -2.25. The van der Waals surface area contributed by atoms with E-state index in [0.29, 0.717) is 0 Å². The van der Waals surface area contributed by atoms with Crippen LogP contribution in [0.4, 0.5) is 0 Å². The smallest absolute Gasteiger partial charge is 0.303 e. The molecule has 17 heavy (non-hydrogen) atoms. The van der Waals surface area contributed by atoms with Gasteiger partial charge in [-0.15, -0.1) is 11.3 Å². The number of hydrogen-bond acceptors (Lipinski definition) is 4. The third-order valence-corrected chi connectivity index (χ3v) is 4.99. The van der Waals surface area contributed by atoms with Crippen LogP contribution in [0.15, 0.2) is 11.0 Å². The average molecular weight is 318 g/mol. The highest BCUT2D eigenvalue weighted by atomic mass is 35.5. The number of thiophene rings is 1. The molecule has 0 saturated heterocycles. The zero-order valence-electron chi connectivity index (χ0n) is 8.44. The minimum absolute atomic E-state index is 0.0401. The third kappa shape index (κ3) is 4.44. The van der Waals surface area contributed by atoms with Crippen molar-refractivity contribution in [3.8, 4) is 0 Å². The van der Waals surface area contributed by atoms with Crippen LogP contribution in [0, 0.1) is 0 Å². The first-order valence-corrected chi connectivity index (χ1v) is 7.55. The van der Waals surface area contributed by atoms with Gasteiger partial charge in [0.15, 0.2) is 0 Å². The van der Waals surface area contributed by atoms with E-state index in [0.717, 1.165) is 11.3 Å². The largest absolute Gasteiger partial charge is 0.481 e. The van der Waals surface area contributed by atoms with Gasteiger partial charge in [0, 0.05) is 13.0 Å². The molecule has 0 aromatic carbocycles. The molecular weight excluding hydrogens is 309 g/mol. The molecule has 0 amide bonds. The molecule has 0 saturated carbocycles. The van der Waals surface area contributed by atoms with Crippen molar-refractivity contribution in [1.29, 1.82) is 0 Å². The Bertz CT molecular complexity index is 512. The molecule has 0 fully saturated rings. The lowest BCUT2D eigenvalue weighted by Gasteiger charge is -2.04. The molecule has 0 radical (unpaired) electrons. The predicted molar refractivity (Wildman–Crippen MR) is 66.4 cm³/mol. The van der Waals surface area contributed by atoms with E-state index in [4.69, 9.17) is 28.3 Å². The molecule has 1 aromatic rings. The van der Waals surface area contributed by atoms with Crippen LogP contribution < -0.4 is 4.72 Å². The summed E-state index contributed by atoms with van der Waals surface area (Å²) in [6.45, 7) is 0.0401. The van der Waals surface area contributed by atoms with Crippen LogP contribution in [-0.4, -0.2) is 26.0 Å². The molecule has 0 atom stereocenters. The molecule has 1 rings (SSSR count). The quantitative estimate of drug-likeness (QED) is 0.788. The molecule has 0 aliphatic rings. The van der Waals surface area contributed by atoms with Gasteiger partial charge in [-0.05, 0) is 12.5 Å². The van der Waals surface area contributed by atoms with Crippen LogP contribution in [-0.2, 0) is 14.8 Å². The summed E-state index contributed by atoms with van der Waals surface area (Å²) in [5.41, 5.74) is 0. The van der Waals surface area contributed by atoms with Crippen molar-refractivity contribution in [2.75, 3.05) is 6.54 Å². The van der Waals surface area contributed by atoms with Crippen LogP contribution in [0.5, 0.6) is 0 Å². The van der Waals surface area contributed by atoms with Gasteiger partial charge in [0.1, 0.15) is 9.23 Å². The van der Waals surface area contributed by atoms with Gasteiger partial charge in [0.25, 0.3) is 0 Å². The number of halogens is 2. The van der Waals surface area contributed by atoms with E-state index in [9.17, 15) is 13.2 Å². The lowest BCUT2D eigenvalue weighted by molar-refractivity contribution is -0.137. The van der Waals surface area contributed by atoms with Gasteiger partial charge in [-0.1, -0.05) is 23.2 Å². The maximum atomic E-state index is 11.7. The summed E-state index contributed by atoms with van der Waals surface area (Å²) in [5, 5.41) is 8.39. The van der Waals surface area contributed by atoms with Gasteiger partial charge in [-0.2, -0.15) is 0 Å². The maximum Gasteiger partial charge on any atom is 0.303 e. The zero-order chi connectivity index (χ0) is 13.1. The summed E-state index contributed by atoms with van der Waals surface area (Å²) < 4.78 is 26.1. The second-order valence-corrected chi connectivity index (χ2v) is 7.10. The fourth-order valence-corrected chi connectivity index (χ4v) is 4.25. The molecule has 0 aliphatic heterocycles. The van der Waals surface area contributed by atoms with E-state index in [1.165, 1.54) is 6.07 Å². The molecule has 2 N–H and O–H groups in total. The summed E-state index contributed by atoms with van der Waals surface area (Å²) in [4.78, 5) is 10.2. The van der Waals surface area contributed by atoms with Crippen molar-refractivity contribution >= 4 is 50.5 Å². The first kappa shape index (κ1) is 14.7. The van der Waals surface area contributed by atoms with E-state index in [-0.39, 0.29) is 33.0 Å². The van der Waals surface area contributed by atoms with E-state index < -0.39 is 16.0 Å². The first-order valence-electron chi connectivity index (χ1n) is 4.49. The number of carboxylic acids is 1. The minimum atomic E-state index is -3.72. The molecule has 1 aromatic heterocycles. The number of nitrogens with one attached hydrogen (secondary N) is 1. The molecule has 1 heterocycles. The van der Waals surface area contributed by atoms with Crippen LogP contribution in [0.25, 0.3) is 0 Å². The highest BCUT2D eigenvalue weighted by molar-refractivity contribution is 7.89. The van der Waals surface area contributed by atoms with Crippen molar-refractivity contribution in [1.82, 2.24) is 4.72 Å². The van der Waals surface area contributed by atoms with Gasteiger partial charge >= 0.3 is 5.97 Å². The van der Waals surface area contributed by atoms with Gasteiger partial charge in [0.2, 0.25) is 10.0 Å². The molecule has 0 spiro atoms. The Morgan fingerprint density at radius 1 is 1.47 bits per heavy atom. The fraction of sp³-hybridized carbons (Fsp3) is 0.375. The number of hydrogen-bond donors (Lipinski definition) is 2. The Hall–Kier alpha value is -0.340. The van der Waals surface area contributed by atoms with E-state index in [2.05, 4.69) is 4.72 Å². The Balaban J connectivity index is 2.63. The highest BCUT2D eigenvalue weighted by Gasteiger charge is 2.20. The average Bonchev–Trinajstić information content (AvgIpc) is 2.53. The normalized spacial score (nSPS) is 11.6. The standard InChI is InChI=1S/C8H9Cl2NO4S2/c9-6-4-5(8(10)16-6)17(14,15)11-3-1-2-7(12)13/h4,11H,1-3H2,(H,12,13). The van der Waals surface area contributed by atoms with Crippen LogP contribution in [0.2, 0.25) is 8.67 Å². The second kappa shape index (κ2) is 6.01. The van der Waals surface area contributed by atoms with Crippen molar-refractivity contribution in [2.45, 2.75) is 17.7 Å². The monoisotopic (exact) mass is 317 g/mol. The predicted octanol–water partition coefficient (Wildman–Crippen LogP) is 2.20. The Morgan fingerprint density at radius 3 is 2.59 bits per heavy atom. The second-order valence-electron chi connectivity index (χ2n) is 3.08. The van der Waals surface area contributed by atoms with Gasteiger partial charge < -0.3 is 5.11 Å². The SMILES string of the molecule is O=C(O)CCCNS(=O)(=O)c1cc(Cl)sc1Cl. The van der Waals surface area contributed by atoms with Gasteiger partial charge in [-0.25, -0.2) is 13.1 Å². The maximum absolute atomic E-state index is 11.7. The number of carboxylic acid groups (broad SMARTS) is 1. The van der Waals surface area contributed by atoms with Crippen molar-refractivity contribution < 1.29 is 18.3 Å². The number of aliphatic carboxylic acids is 1. The van der Waals surface area contributed by atoms with E-state index in [1.807, 2.05) is 0 Å². The first-order chi connectivity index (χ1) is 7.83. The van der Waals surface area contributed by atoms with Crippen LogP contribution in [0.1, 0.15) is 12.8 Å². The molecule has 9 heteroatoms. The highest BCUT2D eigenvalue weighted by Crippen LogP contribution is 2.33. The topological polar surface area (TPSA) is 83.5 Å². The zero-order valence-corrected chi connectivity index (χ0v) is 11.6. The summed E-state index contributed by atoms with van der Waals surface area (Å²) in [6, 6.07) is 1.26. The number of sulfonamides is 1. The lowest BCUT2D eigenvalue weighted by atomic mass is 10.3. The Kier molecular flexibility index (Phi) is 5.21. The number of rotatable bonds is 6. The Labute approximate surface area is 112 Å². The minimum Gasteiger partial charge on any atom is -0.481 e. The summed E-state index contributed by atoms with van der Waals surface area (Å²) >= 11 is 12.3. The van der Waals surface area contributed by atoms with Crippen molar-refractivity contribution in [3.63, 3.8) is 0 Å². The molecule has 96 valence electrons. The summed E-state index contributed by atoms with van der Waals surface area (Å²) in [7, 11) is -3.72. The van der Waals surface area contributed by atoms with Gasteiger partial charge in [0.05, 0.1) is 4.34 Å².